The Morgan fingerprint density at radius 1 is 1.05 bits per heavy atom. The van der Waals surface area contributed by atoms with Crippen LogP contribution in [0.25, 0.3) is 0 Å². The van der Waals surface area contributed by atoms with Crippen LogP contribution in [-0.2, 0) is 19.3 Å². The number of nitrogens with zero attached hydrogens (tertiary/aromatic N) is 4. The molecule has 4 heterocycles. The summed E-state index contributed by atoms with van der Waals surface area (Å²) < 4.78 is 80.1. The molecule has 2 unspecified atom stereocenters. The zero-order valence-corrected chi connectivity index (χ0v) is 19.3. The van der Waals surface area contributed by atoms with E-state index in [1.807, 2.05) is 0 Å². The summed E-state index contributed by atoms with van der Waals surface area (Å²) in [7, 11) is 0. The molecule has 37 heavy (non-hydrogen) atoms. The lowest BCUT2D eigenvalue weighted by Gasteiger charge is -2.20. The molecule has 3 aromatic rings. The van der Waals surface area contributed by atoms with Crippen molar-refractivity contribution in [2.45, 2.75) is 44.6 Å². The normalized spacial score (nSPS) is 22.1. The molecule has 0 radical (unpaired) electrons. The zero-order chi connectivity index (χ0) is 25.9. The van der Waals surface area contributed by atoms with Crippen molar-refractivity contribution in [1.29, 1.82) is 0 Å². The third-order valence-corrected chi connectivity index (χ3v) is 7.36. The highest BCUT2D eigenvalue weighted by atomic mass is 19.4. The largest absolute Gasteiger partial charge is 0.473 e. The Morgan fingerprint density at radius 3 is 2.59 bits per heavy atom. The highest BCUT2D eigenvalue weighted by molar-refractivity contribution is 5.49. The molecule has 0 amide bonds. The highest BCUT2D eigenvalue weighted by Crippen LogP contribution is 2.47. The molecule has 12 heteroatoms. The molecule has 2 aliphatic heterocycles. The molecular weight excluding hydrogens is 499 g/mol. The molecule has 7 nitrogen and oxygen atoms in total. The number of fused-ring (bicyclic) bond motifs is 5. The molecule has 1 aromatic carbocycles. The van der Waals surface area contributed by atoms with Crippen molar-refractivity contribution in [2.24, 2.45) is 11.8 Å². The van der Waals surface area contributed by atoms with Gasteiger partial charge in [0.15, 0.2) is 17.4 Å². The van der Waals surface area contributed by atoms with E-state index in [4.69, 9.17) is 9.47 Å². The summed E-state index contributed by atoms with van der Waals surface area (Å²) in [6.07, 6.45) is -0.338. The predicted molar refractivity (Wildman–Crippen MR) is 120 cm³/mol. The number of alkyl halides is 3. The standard InChI is InChI=1S/C25H21F5N4O3/c26-17-6-13(7-18(27)23(17)37-15-4-5-31-20(8-15)25(28,29)30)12-36-21-9-22-33-10-14-2-1-3-16(14)19(33)11-34(22)24(35)32-21/h4-9,14,16,19H,1-3,10-12H2/t14?,16?,19-/m0/s1. The molecule has 0 bridgehead atoms. The van der Waals surface area contributed by atoms with Crippen molar-refractivity contribution in [1.82, 2.24) is 14.5 Å². The number of hydrogen-bond donors (Lipinski definition) is 0. The van der Waals surface area contributed by atoms with Gasteiger partial charge in [-0.15, -0.1) is 0 Å². The Bertz CT molecular complexity index is 1400. The first-order valence-electron chi connectivity index (χ1n) is 11.9. The maximum Gasteiger partial charge on any atom is 0.433 e. The fourth-order valence-corrected chi connectivity index (χ4v) is 5.76. The Hall–Kier alpha value is -3.70. The second-order valence-corrected chi connectivity index (χ2v) is 9.57. The summed E-state index contributed by atoms with van der Waals surface area (Å²) in [5, 5.41) is 0. The maximum atomic E-state index is 14.6. The first kappa shape index (κ1) is 23.7. The van der Waals surface area contributed by atoms with E-state index in [1.165, 1.54) is 12.8 Å². The predicted octanol–water partition coefficient (Wildman–Crippen LogP) is 4.93. The molecule has 2 fully saturated rings. The number of hydrogen-bond acceptors (Lipinski definition) is 6. The topological polar surface area (TPSA) is 69.5 Å². The van der Waals surface area contributed by atoms with Gasteiger partial charge in [-0.25, -0.2) is 13.6 Å². The lowest BCUT2D eigenvalue weighted by Crippen LogP contribution is -2.29. The van der Waals surface area contributed by atoms with Gasteiger partial charge in [0, 0.05) is 31.4 Å². The molecule has 0 N–H and O–H groups in total. The minimum absolute atomic E-state index is 0.0477. The van der Waals surface area contributed by atoms with Crippen LogP contribution in [0.5, 0.6) is 17.4 Å². The summed E-state index contributed by atoms with van der Waals surface area (Å²) in [5.74, 6) is -1.54. The van der Waals surface area contributed by atoms with Crippen molar-refractivity contribution >= 4 is 5.82 Å². The molecule has 3 atom stereocenters. The van der Waals surface area contributed by atoms with E-state index in [2.05, 4.69) is 14.9 Å². The van der Waals surface area contributed by atoms with Gasteiger partial charge in [-0.3, -0.25) is 9.55 Å². The van der Waals surface area contributed by atoms with Gasteiger partial charge in [0.05, 0.1) is 6.04 Å². The summed E-state index contributed by atoms with van der Waals surface area (Å²) in [5.41, 5.74) is -1.60. The number of aromatic nitrogens is 3. The van der Waals surface area contributed by atoms with Crippen LogP contribution in [-0.4, -0.2) is 27.1 Å². The van der Waals surface area contributed by atoms with Gasteiger partial charge in [0.1, 0.15) is 23.9 Å². The van der Waals surface area contributed by atoms with E-state index in [9.17, 15) is 26.7 Å². The quantitative estimate of drug-likeness (QED) is 0.445. The van der Waals surface area contributed by atoms with Crippen molar-refractivity contribution in [3.8, 4) is 17.4 Å². The average Bonchev–Trinajstić information content (AvgIpc) is 3.52. The van der Waals surface area contributed by atoms with Crippen molar-refractivity contribution in [3.63, 3.8) is 0 Å². The molecule has 0 spiro atoms. The Morgan fingerprint density at radius 2 is 1.84 bits per heavy atom. The van der Waals surface area contributed by atoms with Gasteiger partial charge in [-0.1, -0.05) is 6.42 Å². The number of ether oxygens (including phenoxy) is 2. The van der Waals surface area contributed by atoms with Crippen LogP contribution in [0, 0.1) is 23.5 Å². The van der Waals surface area contributed by atoms with Gasteiger partial charge < -0.3 is 14.4 Å². The highest BCUT2D eigenvalue weighted by Gasteiger charge is 2.48. The maximum absolute atomic E-state index is 14.6. The minimum atomic E-state index is -4.74. The van der Waals surface area contributed by atoms with E-state index in [0.717, 1.165) is 43.2 Å². The fourth-order valence-electron chi connectivity index (χ4n) is 5.76. The summed E-state index contributed by atoms with van der Waals surface area (Å²) in [4.78, 5) is 22.0. The molecular formula is C25H21F5N4O3. The lowest BCUT2D eigenvalue weighted by atomic mass is 9.94. The third-order valence-electron chi connectivity index (χ3n) is 7.36. The van der Waals surface area contributed by atoms with E-state index in [-0.39, 0.29) is 24.1 Å². The Kier molecular flexibility index (Phi) is 5.57. The van der Waals surface area contributed by atoms with E-state index < -0.39 is 40.7 Å². The van der Waals surface area contributed by atoms with Crippen molar-refractivity contribution in [3.05, 3.63) is 69.9 Å². The third kappa shape index (κ3) is 4.27. The summed E-state index contributed by atoms with van der Waals surface area (Å²) in [6, 6.07) is 5.45. The van der Waals surface area contributed by atoms with E-state index >= 15 is 0 Å². The van der Waals surface area contributed by atoms with Crippen molar-refractivity contribution in [2.75, 3.05) is 11.4 Å². The van der Waals surface area contributed by atoms with Gasteiger partial charge in [0.2, 0.25) is 5.88 Å². The van der Waals surface area contributed by atoms with Gasteiger partial charge >= 0.3 is 11.9 Å². The van der Waals surface area contributed by atoms with Crippen LogP contribution in [0.2, 0.25) is 0 Å². The first-order chi connectivity index (χ1) is 17.7. The second kappa shape index (κ2) is 8.70. The van der Waals surface area contributed by atoms with Crippen molar-refractivity contribution < 1.29 is 31.4 Å². The molecule has 3 aliphatic rings. The fraction of sp³-hybridized carbons (Fsp3) is 0.400. The van der Waals surface area contributed by atoms with Crippen LogP contribution < -0.4 is 20.1 Å². The smallest absolute Gasteiger partial charge is 0.433 e. The van der Waals surface area contributed by atoms with E-state index in [0.29, 0.717) is 24.4 Å². The Balaban J connectivity index is 1.17. The number of pyridine rings is 1. The molecule has 1 saturated carbocycles. The molecule has 194 valence electrons. The van der Waals surface area contributed by atoms with Gasteiger partial charge in [0.25, 0.3) is 0 Å². The molecule has 6 rings (SSSR count). The van der Waals surface area contributed by atoms with Crippen LogP contribution in [0.3, 0.4) is 0 Å². The van der Waals surface area contributed by atoms with Crippen LogP contribution in [0.4, 0.5) is 27.8 Å². The summed E-state index contributed by atoms with van der Waals surface area (Å²) >= 11 is 0. The molecule has 1 aliphatic carbocycles. The minimum Gasteiger partial charge on any atom is -0.473 e. The van der Waals surface area contributed by atoms with E-state index in [1.54, 1.807) is 10.6 Å². The zero-order valence-electron chi connectivity index (χ0n) is 19.3. The SMILES string of the molecule is O=c1nc(OCc2cc(F)c(Oc3ccnc(C(F)(F)F)c3)c(F)c2)cc2n1C[C@H]1C3CCCC3CN21. The summed E-state index contributed by atoms with van der Waals surface area (Å²) in [6.45, 7) is 1.20. The number of rotatable bonds is 5. The van der Waals surface area contributed by atoms with Gasteiger partial charge in [-0.05, 0) is 48.4 Å². The van der Waals surface area contributed by atoms with Crippen LogP contribution in [0.1, 0.15) is 30.5 Å². The second-order valence-electron chi connectivity index (χ2n) is 9.57. The number of anilines is 1. The number of benzene rings is 1. The average molecular weight is 520 g/mol. The number of halogens is 5. The van der Waals surface area contributed by atoms with Crippen LogP contribution >= 0.6 is 0 Å². The van der Waals surface area contributed by atoms with Gasteiger partial charge in [-0.2, -0.15) is 18.2 Å². The molecule has 1 saturated heterocycles. The monoisotopic (exact) mass is 520 g/mol. The first-order valence-corrected chi connectivity index (χ1v) is 11.9. The Labute approximate surface area is 207 Å². The lowest BCUT2D eigenvalue weighted by molar-refractivity contribution is -0.141. The van der Waals surface area contributed by atoms with Crippen LogP contribution in [0.15, 0.2) is 41.3 Å². The molecule has 2 aromatic heterocycles.